The minimum atomic E-state index is -0.221. The summed E-state index contributed by atoms with van der Waals surface area (Å²) in [4.78, 5) is 26.0. The minimum absolute atomic E-state index is 0.0778. The zero-order valence-electron chi connectivity index (χ0n) is 14.5. The van der Waals surface area contributed by atoms with Gasteiger partial charge < -0.3 is 15.5 Å². The van der Waals surface area contributed by atoms with Crippen LogP contribution in [0.3, 0.4) is 0 Å². The van der Waals surface area contributed by atoms with Crippen LogP contribution in [0.5, 0.6) is 0 Å². The topological polar surface area (TPSA) is 61.4 Å². The lowest BCUT2D eigenvalue weighted by atomic mass is 10.1. The molecule has 1 unspecified atom stereocenters. The molecule has 2 N–H and O–H groups in total. The lowest BCUT2D eigenvalue weighted by Gasteiger charge is -2.17. The Balaban J connectivity index is 1.40. The molecule has 1 aliphatic heterocycles. The average molecular weight is 416 g/mol. The summed E-state index contributed by atoms with van der Waals surface area (Å²) in [6.07, 6.45) is 1.12. The van der Waals surface area contributed by atoms with Crippen LogP contribution in [0, 0.1) is 0 Å². The van der Waals surface area contributed by atoms with E-state index in [1.54, 1.807) is 4.90 Å². The van der Waals surface area contributed by atoms with Gasteiger partial charge in [-0.1, -0.05) is 58.4 Å². The second-order valence-electron chi connectivity index (χ2n) is 6.44. The van der Waals surface area contributed by atoms with Crippen molar-refractivity contribution in [2.75, 3.05) is 13.1 Å². The van der Waals surface area contributed by atoms with Gasteiger partial charge in [-0.2, -0.15) is 0 Å². The van der Waals surface area contributed by atoms with Crippen LogP contribution < -0.4 is 10.6 Å². The molecule has 1 atom stereocenters. The molecule has 0 spiro atoms. The first-order valence-corrected chi connectivity index (χ1v) is 9.50. The number of halogens is 1. The Morgan fingerprint density at radius 2 is 1.81 bits per heavy atom. The lowest BCUT2D eigenvalue weighted by Crippen LogP contribution is -2.43. The number of hydrogen-bond donors (Lipinski definition) is 2. The van der Waals surface area contributed by atoms with E-state index in [1.807, 2.05) is 54.6 Å². The number of nitrogens with zero attached hydrogens (tertiary/aromatic N) is 1. The summed E-state index contributed by atoms with van der Waals surface area (Å²) in [5.74, 6) is 0.0778. The number of rotatable bonds is 6. The van der Waals surface area contributed by atoms with Crippen molar-refractivity contribution in [1.82, 2.24) is 15.5 Å². The SMILES string of the molecule is O=C(NCCc1ccc(Br)cc1)NC1CC(=O)N(Cc2ccccc2)C1. The highest BCUT2D eigenvalue weighted by atomic mass is 79.9. The van der Waals surface area contributed by atoms with Crippen molar-refractivity contribution < 1.29 is 9.59 Å². The first-order chi connectivity index (χ1) is 12.6. The summed E-state index contributed by atoms with van der Waals surface area (Å²) in [7, 11) is 0. The molecule has 0 aliphatic carbocycles. The Bertz CT molecular complexity index is 749. The van der Waals surface area contributed by atoms with Gasteiger partial charge in [-0.15, -0.1) is 0 Å². The molecule has 1 saturated heterocycles. The zero-order chi connectivity index (χ0) is 18.4. The van der Waals surface area contributed by atoms with Gasteiger partial charge in [0.25, 0.3) is 0 Å². The molecule has 3 amide bonds. The normalized spacial score (nSPS) is 16.6. The van der Waals surface area contributed by atoms with Gasteiger partial charge in [0.1, 0.15) is 0 Å². The molecule has 0 aromatic heterocycles. The maximum atomic E-state index is 12.1. The van der Waals surface area contributed by atoms with Gasteiger partial charge in [0.15, 0.2) is 0 Å². The molecule has 0 radical (unpaired) electrons. The number of urea groups is 1. The Morgan fingerprint density at radius 3 is 2.54 bits per heavy atom. The number of hydrogen-bond acceptors (Lipinski definition) is 2. The number of benzene rings is 2. The smallest absolute Gasteiger partial charge is 0.315 e. The van der Waals surface area contributed by atoms with E-state index >= 15 is 0 Å². The van der Waals surface area contributed by atoms with Crippen molar-refractivity contribution in [2.45, 2.75) is 25.4 Å². The first-order valence-electron chi connectivity index (χ1n) is 8.70. The Hall–Kier alpha value is -2.34. The molecule has 136 valence electrons. The van der Waals surface area contributed by atoms with Gasteiger partial charge in [0.2, 0.25) is 5.91 Å². The Labute approximate surface area is 161 Å². The lowest BCUT2D eigenvalue weighted by molar-refractivity contribution is -0.128. The second-order valence-corrected chi connectivity index (χ2v) is 7.35. The Kier molecular flexibility index (Phi) is 6.28. The quantitative estimate of drug-likeness (QED) is 0.761. The molecule has 3 rings (SSSR count). The van der Waals surface area contributed by atoms with Crippen LogP contribution in [-0.4, -0.2) is 36.0 Å². The van der Waals surface area contributed by atoms with Crippen molar-refractivity contribution in [1.29, 1.82) is 0 Å². The molecule has 0 bridgehead atoms. The molecule has 2 aromatic rings. The van der Waals surface area contributed by atoms with Crippen molar-refractivity contribution in [3.05, 3.63) is 70.2 Å². The van der Waals surface area contributed by atoms with E-state index in [9.17, 15) is 9.59 Å². The maximum Gasteiger partial charge on any atom is 0.315 e. The third kappa shape index (κ3) is 5.33. The van der Waals surface area contributed by atoms with Crippen LogP contribution >= 0.6 is 15.9 Å². The number of likely N-dealkylation sites (tertiary alicyclic amines) is 1. The van der Waals surface area contributed by atoms with E-state index in [0.717, 1.165) is 16.5 Å². The predicted molar refractivity (Wildman–Crippen MR) is 105 cm³/mol. The van der Waals surface area contributed by atoms with E-state index in [-0.39, 0.29) is 18.0 Å². The van der Waals surface area contributed by atoms with Gasteiger partial charge >= 0.3 is 6.03 Å². The van der Waals surface area contributed by atoms with Crippen LogP contribution in [0.25, 0.3) is 0 Å². The molecule has 5 nitrogen and oxygen atoms in total. The molecular formula is C20H22BrN3O2. The van der Waals surface area contributed by atoms with Crippen LogP contribution in [0.1, 0.15) is 17.5 Å². The maximum absolute atomic E-state index is 12.1. The summed E-state index contributed by atoms with van der Waals surface area (Å²) < 4.78 is 1.04. The zero-order valence-corrected chi connectivity index (χ0v) is 16.0. The fourth-order valence-corrected chi connectivity index (χ4v) is 3.30. The van der Waals surface area contributed by atoms with E-state index in [0.29, 0.717) is 26.1 Å². The monoisotopic (exact) mass is 415 g/mol. The van der Waals surface area contributed by atoms with Gasteiger partial charge in [-0.05, 0) is 29.7 Å². The van der Waals surface area contributed by atoms with Gasteiger partial charge in [0.05, 0.1) is 6.04 Å². The van der Waals surface area contributed by atoms with E-state index < -0.39 is 0 Å². The van der Waals surface area contributed by atoms with Crippen LogP contribution in [0.4, 0.5) is 4.79 Å². The minimum Gasteiger partial charge on any atom is -0.338 e. The largest absolute Gasteiger partial charge is 0.338 e. The van der Waals surface area contributed by atoms with E-state index in [4.69, 9.17) is 0 Å². The fraction of sp³-hybridized carbons (Fsp3) is 0.300. The van der Waals surface area contributed by atoms with Gasteiger partial charge in [0, 0.05) is 30.5 Å². The van der Waals surface area contributed by atoms with Crippen molar-refractivity contribution >= 4 is 27.9 Å². The third-order valence-electron chi connectivity index (χ3n) is 4.38. The number of amides is 3. The molecule has 1 aliphatic rings. The molecular weight excluding hydrogens is 394 g/mol. The van der Waals surface area contributed by atoms with Crippen LogP contribution in [0.2, 0.25) is 0 Å². The number of nitrogens with one attached hydrogen (secondary N) is 2. The Morgan fingerprint density at radius 1 is 1.08 bits per heavy atom. The van der Waals surface area contributed by atoms with Crippen molar-refractivity contribution in [3.8, 4) is 0 Å². The van der Waals surface area contributed by atoms with Gasteiger partial charge in [-0.25, -0.2) is 4.79 Å². The van der Waals surface area contributed by atoms with E-state index in [1.165, 1.54) is 5.56 Å². The summed E-state index contributed by atoms with van der Waals surface area (Å²) in [5.41, 5.74) is 2.26. The first kappa shape index (κ1) is 18.5. The molecule has 1 fully saturated rings. The van der Waals surface area contributed by atoms with Crippen LogP contribution in [0.15, 0.2) is 59.1 Å². The average Bonchev–Trinajstić information content (AvgIpc) is 2.96. The number of carbonyl (C=O) groups excluding carboxylic acids is 2. The highest BCUT2D eigenvalue weighted by Gasteiger charge is 2.30. The highest BCUT2D eigenvalue weighted by Crippen LogP contribution is 2.15. The molecule has 26 heavy (non-hydrogen) atoms. The van der Waals surface area contributed by atoms with Crippen molar-refractivity contribution in [3.63, 3.8) is 0 Å². The predicted octanol–water partition coefficient (Wildman–Crippen LogP) is 3.09. The third-order valence-corrected chi connectivity index (χ3v) is 4.91. The molecule has 6 heteroatoms. The standard InChI is InChI=1S/C20H22BrN3O2/c21-17-8-6-15(7-9-17)10-11-22-20(26)23-18-12-19(25)24(14-18)13-16-4-2-1-3-5-16/h1-9,18H,10-14H2,(H2,22,23,26). The molecule has 0 saturated carbocycles. The van der Waals surface area contributed by atoms with E-state index in [2.05, 4.69) is 26.6 Å². The fourth-order valence-electron chi connectivity index (χ4n) is 3.03. The number of carbonyl (C=O) groups is 2. The van der Waals surface area contributed by atoms with Crippen molar-refractivity contribution in [2.24, 2.45) is 0 Å². The summed E-state index contributed by atoms with van der Waals surface area (Å²) >= 11 is 3.40. The van der Waals surface area contributed by atoms with Gasteiger partial charge in [-0.3, -0.25) is 4.79 Å². The highest BCUT2D eigenvalue weighted by molar-refractivity contribution is 9.10. The van der Waals surface area contributed by atoms with Crippen LogP contribution in [-0.2, 0) is 17.8 Å². The summed E-state index contributed by atoms with van der Waals surface area (Å²) in [5, 5.41) is 5.76. The molecule has 1 heterocycles. The second kappa shape index (κ2) is 8.85. The summed E-state index contributed by atoms with van der Waals surface area (Å²) in [6, 6.07) is 17.6. The molecule has 2 aromatic carbocycles. The summed E-state index contributed by atoms with van der Waals surface area (Å²) in [6.45, 7) is 1.69.